The molecule has 0 radical (unpaired) electrons. The first-order valence-electron chi connectivity index (χ1n) is 7.37. The summed E-state index contributed by atoms with van der Waals surface area (Å²) in [5.41, 5.74) is 1.38. The van der Waals surface area contributed by atoms with E-state index < -0.39 is 5.97 Å². The second kappa shape index (κ2) is 7.68. The molecule has 1 aromatic rings. The fourth-order valence-electron chi connectivity index (χ4n) is 2.10. The van der Waals surface area contributed by atoms with Crippen LogP contribution in [0.3, 0.4) is 0 Å². The SMILES string of the molecule is CN=C(NCc1ccc(OC)c(C(=O)OC)c1)NCC1CC1. The number of benzene rings is 1. The Morgan fingerprint density at radius 1 is 1.32 bits per heavy atom. The van der Waals surface area contributed by atoms with Gasteiger partial charge in [-0.3, -0.25) is 4.99 Å². The zero-order valence-electron chi connectivity index (χ0n) is 13.3. The molecule has 0 aromatic heterocycles. The van der Waals surface area contributed by atoms with Crippen LogP contribution < -0.4 is 15.4 Å². The van der Waals surface area contributed by atoms with Crippen LogP contribution in [0.5, 0.6) is 5.75 Å². The second-order valence-corrected chi connectivity index (χ2v) is 5.28. The van der Waals surface area contributed by atoms with Crippen molar-refractivity contribution in [1.82, 2.24) is 10.6 Å². The van der Waals surface area contributed by atoms with Crippen molar-refractivity contribution in [2.24, 2.45) is 10.9 Å². The summed E-state index contributed by atoms with van der Waals surface area (Å²) in [5.74, 6) is 1.65. The van der Waals surface area contributed by atoms with Crippen LogP contribution in [0.4, 0.5) is 0 Å². The van der Waals surface area contributed by atoms with E-state index in [-0.39, 0.29) is 0 Å². The van der Waals surface area contributed by atoms with Crippen molar-refractivity contribution in [3.63, 3.8) is 0 Å². The topological polar surface area (TPSA) is 72.0 Å². The quantitative estimate of drug-likeness (QED) is 0.474. The summed E-state index contributed by atoms with van der Waals surface area (Å²) in [6, 6.07) is 5.45. The van der Waals surface area contributed by atoms with Crippen molar-refractivity contribution in [1.29, 1.82) is 0 Å². The highest BCUT2D eigenvalue weighted by atomic mass is 16.5. The Balaban J connectivity index is 1.97. The van der Waals surface area contributed by atoms with Gasteiger partial charge in [-0.2, -0.15) is 0 Å². The van der Waals surface area contributed by atoms with E-state index in [1.165, 1.54) is 27.1 Å². The summed E-state index contributed by atoms with van der Waals surface area (Å²) < 4.78 is 9.96. The summed E-state index contributed by atoms with van der Waals surface area (Å²) in [5, 5.41) is 6.53. The lowest BCUT2D eigenvalue weighted by Crippen LogP contribution is -2.37. The molecule has 1 aliphatic rings. The van der Waals surface area contributed by atoms with Gasteiger partial charge in [0.25, 0.3) is 0 Å². The number of carbonyl (C=O) groups is 1. The summed E-state index contributed by atoms with van der Waals surface area (Å²) >= 11 is 0. The highest BCUT2D eigenvalue weighted by molar-refractivity contribution is 5.92. The third-order valence-corrected chi connectivity index (χ3v) is 3.61. The Morgan fingerprint density at radius 2 is 2.09 bits per heavy atom. The highest BCUT2D eigenvalue weighted by Gasteiger charge is 2.21. The third-order valence-electron chi connectivity index (χ3n) is 3.61. The molecule has 0 spiro atoms. The molecule has 0 saturated heterocycles. The van der Waals surface area contributed by atoms with Gasteiger partial charge >= 0.3 is 5.97 Å². The Labute approximate surface area is 130 Å². The minimum Gasteiger partial charge on any atom is -0.496 e. The maximum Gasteiger partial charge on any atom is 0.341 e. The van der Waals surface area contributed by atoms with Crippen LogP contribution in [0.1, 0.15) is 28.8 Å². The molecule has 6 heteroatoms. The second-order valence-electron chi connectivity index (χ2n) is 5.28. The Bertz CT molecular complexity index is 554. The minimum absolute atomic E-state index is 0.407. The summed E-state index contributed by atoms with van der Waals surface area (Å²) in [6.45, 7) is 1.52. The van der Waals surface area contributed by atoms with E-state index >= 15 is 0 Å². The predicted octanol–water partition coefficient (Wildman–Crippen LogP) is 1.56. The molecule has 0 bridgehead atoms. The van der Waals surface area contributed by atoms with Gasteiger partial charge in [-0.05, 0) is 36.5 Å². The fourth-order valence-corrected chi connectivity index (χ4v) is 2.10. The normalized spacial score (nSPS) is 14.4. The van der Waals surface area contributed by atoms with Crippen LogP contribution in [0.2, 0.25) is 0 Å². The smallest absolute Gasteiger partial charge is 0.341 e. The Hall–Kier alpha value is -2.24. The van der Waals surface area contributed by atoms with Gasteiger partial charge in [-0.25, -0.2) is 4.79 Å². The van der Waals surface area contributed by atoms with E-state index in [0.717, 1.165) is 24.0 Å². The first kappa shape index (κ1) is 16.1. The molecule has 120 valence electrons. The number of nitrogens with zero attached hydrogens (tertiary/aromatic N) is 1. The molecule has 1 saturated carbocycles. The zero-order chi connectivity index (χ0) is 15.9. The van der Waals surface area contributed by atoms with Crippen LogP contribution in [0.25, 0.3) is 0 Å². The van der Waals surface area contributed by atoms with Crippen LogP contribution in [0, 0.1) is 5.92 Å². The number of guanidine groups is 1. The lowest BCUT2D eigenvalue weighted by atomic mass is 10.1. The Kier molecular flexibility index (Phi) is 5.63. The number of esters is 1. The number of hydrogen-bond acceptors (Lipinski definition) is 4. The molecule has 0 amide bonds. The van der Waals surface area contributed by atoms with Gasteiger partial charge in [0.15, 0.2) is 5.96 Å². The zero-order valence-corrected chi connectivity index (χ0v) is 13.3. The fraction of sp³-hybridized carbons (Fsp3) is 0.500. The summed E-state index contributed by atoms with van der Waals surface area (Å²) in [7, 11) is 4.63. The molecule has 0 heterocycles. The number of aliphatic imine (C=N–C) groups is 1. The van der Waals surface area contributed by atoms with Gasteiger partial charge in [-0.1, -0.05) is 6.07 Å². The van der Waals surface area contributed by atoms with Crippen LogP contribution >= 0.6 is 0 Å². The number of nitrogens with one attached hydrogen (secondary N) is 2. The molecule has 2 rings (SSSR count). The average Bonchev–Trinajstić information content (AvgIpc) is 3.38. The van der Waals surface area contributed by atoms with Crippen molar-refractivity contribution >= 4 is 11.9 Å². The molecule has 0 atom stereocenters. The van der Waals surface area contributed by atoms with Crippen molar-refractivity contribution in [3.05, 3.63) is 29.3 Å². The van der Waals surface area contributed by atoms with Crippen LogP contribution in [-0.2, 0) is 11.3 Å². The van der Waals surface area contributed by atoms with E-state index in [1.807, 2.05) is 6.07 Å². The molecule has 0 unspecified atom stereocenters. The number of rotatable bonds is 6. The number of ether oxygens (including phenoxy) is 2. The number of hydrogen-bond donors (Lipinski definition) is 2. The average molecular weight is 305 g/mol. The lowest BCUT2D eigenvalue weighted by Gasteiger charge is -2.13. The van der Waals surface area contributed by atoms with Gasteiger partial charge in [-0.15, -0.1) is 0 Å². The maximum atomic E-state index is 11.8. The van der Waals surface area contributed by atoms with Gasteiger partial charge in [0.1, 0.15) is 11.3 Å². The van der Waals surface area contributed by atoms with Crippen molar-refractivity contribution in [2.45, 2.75) is 19.4 Å². The monoisotopic (exact) mass is 305 g/mol. The highest BCUT2D eigenvalue weighted by Crippen LogP contribution is 2.27. The maximum absolute atomic E-state index is 11.8. The predicted molar refractivity (Wildman–Crippen MR) is 85.3 cm³/mol. The standard InChI is InChI=1S/C16H23N3O3/c1-17-16(18-9-11-4-5-11)19-10-12-6-7-14(21-2)13(8-12)15(20)22-3/h6-8,11H,4-5,9-10H2,1-3H3,(H2,17,18,19). The van der Waals surface area contributed by atoms with E-state index in [4.69, 9.17) is 9.47 Å². The molecule has 2 N–H and O–H groups in total. The Morgan fingerprint density at radius 3 is 2.68 bits per heavy atom. The molecular formula is C16H23N3O3. The molecule has 0 aliphatic heterocycles. The molecule has 1 fully saturated rings. The molecule has 1 aliphatic carbocycles. The summed E-state index contributed by atoms with van der Waals surface area (Å²) in [6.07, 6.45) is 2.59. The largest absolute Gasteiger partial charge is 0.496 e. The van der Waals surface area contributed by atoms with Crippen molar-refractivity contribution < 1.29 is 14.3 Å². The van der Waals surface area contributed by atoms with E-state index in [2.05, 4.69) is 15.6 Å². The van der Waals surface area contributed by atoms with Crippen molar-refractivity contribution in [3.8, 4) is 5.75 Å². The van der Waals surface area contributed by atoms with Gasteiger partial charge in [0.2, 0.25) is 0 Å². The minimum atomic E-state index is -0.407. The van der Waals surface area contributed by atoms with E-state index in [1.54, 1.807) is 19.2 Å². The first-order valence-corrected chi connectivity index (χ1v) is 7.37. The molecular weight excluding hydrogens is 282 g/mol. The van der Waals surface area contributed by atoms with Crippen LogP contribution in [-0.4, -0.2) is 39.7 Å². The van der Waals surface area contributed by atoms with Gasteiger partial charge in [0.05, 0.1) is 14.2 Å². The van der Waals surface area contributed by atoms with E-state index in [9.17, 15) is 4.79 Å². The van der Waals surface area contributed by atoms with Crippen molar-refractivity contribution in [2.75, 3.05) is 27.8 Å². The third kappa shape index (κ3) is 4.38. The molecule has 1 aromatic carbocycles. The number of methoxy groups -OCH3 is 2. The first-order chi connectivity index (χ1) is 10.7. The van der Waals surface area contributed by atoms with Crippen LogP contribution in [0.15, 0.2) is 23.2 Å². The summed E-state index contributed by atoms with van der Waals surface area (Å²) in [4.78, 5) is 16.0. The number of carbonyl (C=O) groups excluding carboxylic acids is 1. The molecule has 22 heavy (non-hydrogen) atoms. The van der Waals surface area contributed by atoms with Gasteiger partial charge < -0.3 is 20.1 Å². The van der Waals surface area contributed by atoms with Gasteiger partial charge in [0, 0.05) is 20.1 Å². The molecule has 6 nitrogen and oxygen atoms in total. The van der Waals surface area contributed by atoms with E-state index in [0.29, 0.717) is 17.9 Å². The lowest BCUT2D eigenvalue weighted by molar-refractivity contribution is 0.0597.